The Morgan fingerprint density at radius 1 is 1.80 bits per heavy atom. The molecule has 1 aromatic heterocycles. The number of nitrogens with zero attached hydrogens (tertiary/aromatic N) is 3. The molecule has 1 aromatic rings. The van der Waals surface area contributed by atoms with Crippen molar-refractivity contribution in [1.29, 1.82) is 0 Å². The van der Waals surface area contributed by atoms with Crippen LogP contribution in [0.1, 0.15) is 6.42 Å². The Hall–Kier alpha value is -2.12. The van der Waals surface area contributed by atoms with Crippen LogP contribution in [0.15, 0.2) is 6.33 Å². The van der Waals surface area contributed by atoms with Crippen LogP contribution in [0.4, 0.5) is 11.6 Å². The zero-order chi connectivity index (χ0) is 11.4. The Labute approximate surface area is 85.2 Å². The number of nitrogens with one attached hydrogen (secondary N) is 1. The van der Waals surface area contributed by atoms with Crippen molar-refractivity contribution in [2.45, 2.75) is 6.42 Å². The summed E-state index contributed by atoms with van der Waals surface area (Å²) in [6.07, 6.45) is 1.44. The van der Waals surface area contributed by atoms with Gasteiger partial charge in [0.25, 0.3) is 0 Å². The molecule has 15 heavy (non-hydrogen) atoms. The molecule has 1 rings (SSSR count). The number of nitrogens with two attached hydrogens (primary N) is 1. The van der Waals surface area contributed by atoms with Crippen molar-refractivity contribution in [2.75, 3.05) is 11.9 Å². The number of imidazole rings is 1. The number of anilines is 1. The van der Waals surface area contributed by atoms with E-state index in [2.05, 4.69) is 10.3 Å². The fraction of sp³-hybridized carbons (Fsp3) is 0.429. The summed E-state index contributed by atoms with van der Waals surface area (Å²) in [4.78, 5) is 24.0. The van der Waals surface area contributed by atoms with E-state index in [1.807, 2.05) is 0 Å². The van der Waals surface area contributed by atoms with Gasteiger partial charge in [-0.05, 0) is 9.91 Å². The molecule has 0 spiro atoms. The zero-order valence-corrected chi connectivity index (χ0v) is 8.14. The number of hydrogen-bond donors (Lipinski definition) is 2. The third-order valence-corrected chi connectivity index (χ3v) is 1.75. The Morgan fingerprint density at radius 3 is 3.00 bits per heavy atom. The number of primary amides is 1. The molecular formula is C7H11N5O3. The predicted octanol–water partition coefficient (Wildman–Crippen LogP) is -0.384. The van der Waals surface area contributed by atoms with Gasteiger partial charge in [-0.15, -0.1) is 0 Å². The molecule has 8 heteroatoms. The summed E-state index contributed by atoms with van der Waals surface area (Å²) in [7, 11) is 1.62. The smallest absolute Gasteiger partial charge is 0.370 e. The molecule has 1 heterocycles. The Bertz CT molecular complexity index is 386. The topological polar surface area (TPSA) is 116 Å². The van der Waals surface area contributed by atoms with Gasteiger partial charge < -0.3 is 21.2 Å². The molecule has 0 aliphatic heterocycles. The highest BCUT2D eigenvalue weighted by atomic mass is 16.6. The van der Waals surface area contributed by atoms with Crippen molar-refractivity contribution in [2.24, 2.45) is 12.8 Å². The monoisotopic (exact) mass is 213 g/mol. The van der Waals surface area contributed by atoms with Gasteiger partial charge in [-0.1, -0.05) is 0 Å². The van der Waals surface area contributed by atoms with Gasteiger partial charge in [0.1, 0.15) is 0 Å². The van der Waals surface area contributed by atoms with Crippen LogP contribution in [0.5, 0.6) is 0 Å². The molecule has 0 aliphatic rings. The summed E-state index contributed by atoms with van der Waals surface area (Å²) in [5, 5.41) is 13.3. The summed E-state index contributed by atoms with van der Waals surface area (Å²) in [5.74, 6) is -0.462. The number of hydrogen-bond acceptors (Lipinski definition) is 5. The average Bonchev–Trinajstić information content (AvgIpc) is 2.47. The van der Waals surface area contributed by atoms with E-state index in [0.717, 1.165) is 0 Å². The second-order valence-corrected chi connectivity index (χ2v) is 2.93. The maximum Gasteiger partial charge on any atom is 0.406 e. The molecule has 0 aliphatic carbocycles. The molecule has 0 atom stereocenters. The average molecular weight is 213 g/mol. The third-order valence-electron chi connectivity index (χ3n) is 1.75. The zero-order valence-electron chi connectivity index (χ0n) is 8.14. The van der Waals surface area contributed by atoms with E-state index in [1.54, 1.807) is 7.05 Å². The Kier molecular flexibility index (Phi) is 3.21. The summed E-state index contributed by atoms with van der Waals surface area (Å²) in [6, 6.07) is 0. The molecule has 0 aromatic carbocycles. The number of nitro groups is 1. The number of rotatable bonds is 5. The summed E-state index contributed by atoms with van der Waals surface area (Å²) < 4.78 is 1.47. The lowest BCUT2D eigenvalue weighted by Crippen LogP contribution is -2.17. The van der Waals surface area contributed by atoms with Gasteiger partial charge in [-0.2, -0.15) is 0 Å². The van der Waals surface area contributed by atoms with Crippen molar-refractivity contribution in [1.82, 2.24) is 9.55 Å². The minimum absolute atomic E-state index is 0.113. The summed E-state index contributed by atoms with van der Waals surface area (Å²) >= 11 is 0. The standard InChI is InChI=1S/C7H11N5O3/c1-11-4-10-7(12(14)15)6(11)9-3-2-5(8)13/h4,9H,2-3H2,1H3,(H2,8,13). The quantitative estimate of drug-likeness (QED) is 0.510. The molecule has 0 saturated heterocycles. The van der Waals surface area contributed by atoms with Crippen LogP contribution in [-0.2, 0) is 11.8 Å². The maximum absolute atomic E-state index is 10.5. The first-order valence-electron chi connectivity index (χ1n) is 4.20. The van der Waals surface area contributed by atoms with Crippen molar-refractivity contribution in [3.05, 3.63) is 16.4 Å². The second kappa shape index (κ2) is 4.40. The molecule has 0 fully saturated rings. The third kappa shape index (κ3) is 2.66. The van der Waals surface area contributed by atoms with Crippen LogP contribution >= 0.6 is 0 Å². The van der Waals surface area contributed by atoms with Crippen LogP contribution in [0, 0.1) is 10.1 Å². The van der Waals surface area contributed by atoms with Crippen molar-refractivity contribution in [3.63, 3.8) is 0 Å². The van der Waals surface area contributed by atoms with Crippen LogP contribution < -0.4 is 11.1 Å². The molecule has 3 N–H and O–H groups in total. The van der Waals surface area contributed by atoms with Gasteiger partial charge in [0.15, 0.2) is 0 Å². The van der Waals surface area contributed by atoms with Gasteiger partial charge in [0, 0.05) is 20.0 Å². The number of carbonyl (C=O) groups excluding carboxylic acids is 1. The van der Waals surface area contributed by atoms with Crippen LogP contribution in [0.2, 0.25) is 0 Å². The Balaban J connectivity index is 2.70. The predicted molar refractivity (Wildman–Crippen MR) is 52.2 cm³/mol. The van der Waals surface area contributed by atoms with Crippen LogP contribution in [0.25, 0.3) is 0 Å². The number of amides is 1. The molecule has 0 bridgehead atoms. The lowest BCUT2D eigenvalue weighted by Gasteiger charge is -2.03. The molecule has 8 nitrogen and oxygen atoms in total. The SMILES string of the molecule is Cn1cnc([N+](=O)[O-])c1NCCC(N)=O. The highest BCUT2D eigenvalue weighted by Crippen LogP contribution is 2.20. The number of carbonyl (C=O) groups is 1. The number of aryl methyl sites for hydroxylation is 1. The van der Waals surface area contributed by atoms with Crippen molar-refractivity contribution in [3.8, 4) is 0 Å². The van der Waals surface area contributed by atoms with Gasteiger partial charge in [-0.3, -0.25) is 9.36 Å². The van der Waals surface area contributed by atoms with E-state index in [-0.39, 0.29) is 24.6 Å². The highest BCUT2D eigenvalue weighted by molar-refractivity contribution is 5.74. The fourth-order valence-corrected chi connectivity index (χ4v) is 1.06. The first-order valence-corrected chi connectivity index (χ1v) is 4.20. The maximum atomic E-state index is 10.5. The lowest BCUT2D eigenvalue weighted by atomic mass is 10.4. The van der Waals surface area contributed by atoms with E-state index in [9.17, 15) is 14.9 Å². The van der Waals surface area contributed by atoms with E-state index in [1.165, 1.54) is 10.9 Å². The molecule has 1 amide bonds. The molecule has 0 unspecified atom stereocenters. The molecule has 0 saturated carbocycles. The minimum atomic E-state index is -0.591. The number of aromatic nitrogens is 2. The first-order chi connectivity index (χ1) is 7.02. The summed E-state index contributed by atoms with van der Waals surface area (Å²) in [6.45, 7) is 0.246. The largest absolute Gasteiger partial charge is 0.406 e. The van der Waals surface area contributed by atoms with E-state index < -0.39 is 10.8 Å². The fourth-order valence-electron chi connectivity index (χ4n) is 1.06. The molecule has 82 valence electrons. The van der Waals surface area contributed by atoms with Crippen LogP contribution in [-0.4, -0.2) is 26.9 Å². The lowest BCUT2D eigenvalue weighted by molar-refractivity contribution is -0.388. The first kappa shape index (κ1) is 11.0. The van der Waals surface area contributed by atoms with Gasteiger partial charge in [0.2, 0.25) is 18.1 Å². The normalized spacial score (nSPS) is 9.93. The van der Waals surface area contributed by atoms with Gasteiger partial charge in [-0.25, -0.2) is 0 Å². The van der Waals surface area contributed by atoms with Crippen molar-refractivity contribution < 1.29 is 9.72 Å². The second-order valence-electron chi connectivity index (χ2n) is 2.93. The van der Waals surface area contributed by atoms with E-state index in [4.69, 9.17) is 5.73 Å². The van der Waals surface area contributed by atoms with Crippen molar-refractivity contribution >= 4 is 17.5 Å². The van der Waals surface area contributed by atoms with Crippen LogP contribution in [0.3, 0.4) is 0 Å². The van der Waals surface area contributed by atoms with E-state index >= 15 is 0 Å². The van der Waals surface area contributed by atoms with Gasteiger partial charge >= 0.3 is 5.82 Å². The Morgan fingerprint density at radius 2 is 2.47 bits per heavy atom. The minimum Gasteiger partial charge on any atom is -0.370 e. The highest BCUT2D eigenvalue weighted by Gasteiger charge is 2.19. The molecule has 0 radical (unpaired) electrons. The summed E-state index contributed by atoms with van der Waals surface area (Å²) in [5.41, 5.74) is 4.93. The van der Waals surface area contributed by atoms with E-state index in [0.29, 0.717) is 0 Å². The molecular weight excluding hydrogens is 202 g/mol. The van der Waals surface area contributed by atoms with Gasteiger partial charge in [0.05, 0.1) is 0 Å².